The third-order valence-corrected chi connectivity index (χ3v) is 2.85. The van der Waals surface area contributed by atoms with Gasteiger partial charge in [0.15, 0.2) is 0 Å². The van der Waals surface area contributed by atoms with Crippen LogP contribution in [0.3, 0.4) is 0 Å². The average molecular weight is 296 g/mol. The molecule has 21 heavy (non-hydrogen) atoms. The molecular formula is C14H20N2O5. The molecular weight excluding hydrogens is 276 g/mol. The first-order valence-electron chi connectivity index (χ1n) is 6.75. The van der Waals surface area contributed by atoms with Gasteiger partial charge in [0.25, 0.3) is 5.69 Å². The standard InChI is InChI=1S/C14H20N2O5/c1-10(2)5-7-21-8-6-15-13-4-3-11(16(19)20)9-12(13)14(17)18/h3-4,9-10,15H,5-8H2,1-2H3,(H,17,18). The number of aromatic carboxylic acids is 1. The van der Waals surface area contributed by atoms with Crippen molar-refractivity contribution in [1.29, 1.82) is 0 Å². The van der Waals surface area contributed by atoms with E-state index >= 15 is 0 Å². The zero-order chi connectivity index (χ0) is 15.8. The number of non-ortho nitro benzene ring substituents is 1. The summed E-state index contributed by atoms with van der Waals surface area (Å²) in [6, 6.07) is 3.72. The van der Waals surface area contributed by atoms with Gasteiger partial charge >= 0.3 is 5.97 Å². The summed E-state index contributed by atoms with van der Waals surface area (Å²) in [7, 11) is 0. The van der Waals surface area contributed by atoms with Gasteiger partial charge in [0.2, 0.25) is 0 Å². The Kier molecular flexibility index (Phi) is 6.61. The van der Waals surface area contributed by atoms with Crippen LogP contribution < -0.4 is 5.32 Å². The van der Waals surface area contributed by atoms with Gasteiger partial charge in [0.1, 0.15) is 0 Å². The fourth-order valence-electron chi connectivity index (χ4n) is 1.66. The van der Waals surface area contributed by atoms with Crippen molar-refractivity contribution >= 4 is 17.3 Å². The van der Waals surface area contributed by atoms with Crippen LogP contribution in [0, 0.1) is 16.0 Å². The van der Waals surface area contributed by atoms with Gasteiger partial charge in [-0.3, -0.25) is 10.1 Å². The highest BCUT2D eigenvalue weighted by Crippen LogP contribution is 2.22. The first-order chi connectivity index (χ1) is 9.91. The monoisotopic (exact) mass is 296 g/mol. The number of carbonyl (C=O) groups is 1. The van der Waals surface area contributed by atoms with Gasteiger partial charge in [-0.15, -0.1) is 0 Å². The van der Waals surface area contributed by atoms with Crippen molar-refractivity contribution in [2.75, 3.05) is 25.1 Å². The van der Waals surface area contributed by atoms with Gasteiger partial charge in [-0.1, -0.05) is 13.8 Å². The second-order valence-corrected chi connectivity index (χ2v) is 5.01. The van der Waals surface area contributed by atoms with E-state index in [1.54, 1.807) is 0 Å². The Morgan fingerprint density at radius 3 is 2.71 bits per heavy atom. The van der Waals surface area contributed by atoms with E-state index in [1.807, 2.05) is 0 Å². The van der Waals surface area contributed by atoms with E-state index in [2.05, 4.69) is 19.2 Å². The van der Waals surface area contributed by atoms with Gasteiger partial charge < -0.3 is 15.2 Å². The molecule has 0 saturated carbocycles. The van der Waals surface area contributed by atoms with E-state index < -0.39 is 10.9 Å². The van der Waals surface area contributed by atoms with Crippen molar-refractivity contribution in [2.45, 2.75) is 20.3 Å². The van der Waals surface area contributed by atoms with Crippen LogP contribution in [0.15, 0.2) is 18.2 Å². The van der Waals surface area contributed by atoms with Crippen molar-refractivity contribution in [1.82, 2.24) is 0 Å². The number of carboxylic acids is 1. The Hall–Kier alpha value is -2.15. The van der Waals surface area contributed by atoms with Crippen molar-refractivity contribution in [3.63, 3.8) is 0 Å². The number of anilines is 1. The number of nitro groups is 1. The number of rotatable bonds is 9. The molecule has 0 spiro atoms. The summed E-state index contributed by atoms with van der Waals surface area (Å²) in [6.45, 7) is 5.76. The van der Waals surface area contributed by atoms with Crippen LogP contribution in [0.1, 0.15) is 30.6 Å². The third-order valence-electron chi connectivity index (χ3n) is 2.85. The largest absolute Gasteiger partial charge is 0.478 e. The Bertz CT molecular complexity index is 502. The Morgan fingerprint density at radius 1 is 1.43 bits per heavy atom. The van der Waals surface area contributed by atoms with E-state index in [0.29, 0.717) is 31.4 Å². The molecule has 1 aromatic rings. The Morgan fingerprint density at radius 2 is 2.14 bits per heavy atom. The molecule has 0 heterocycles. The maximum Gasteiger partial charge on any atom is 0.338 e. The minimum atomic E-state index is -1.21. The summed E-state index contributed by atoms with van der Waals surface area (Å²) in [6.07, 6.45) is 0.970. The molecule has 7 nitrogen and oxygen atoms in total. The summed E-state index contributed by atoms with van der Waals surface area (Å²) in [4.78, 5) is 21.1. The SMILES string of the molecule is CC(C)CCOCCNc1ccc([N+](=O)[O-])cc1C(=O)O. The fraction of sp³-hybridized carbons (Fsp3) is 0.500. The smallest absolute Gasteiger partial charge is 0.338 e. The van der Waals surface area contributed by atoms with E-state index in [1.165, 1.54) is 12.1 Å². The minimum absolute atomic E-state index is 0.119. The van der Waals surface area contributed by atoms with Gasteiger partial charge in [0.05, 0.1) is 17.1 Å². The second-order valence-electron chi connectivity index (χ2n) is 5.01. The van der Waals surface area contributed by atoms with E-state index in [4.69, 9.17) is 9.84 Å². The molecule has 116 valence electrons. The van der Waals surface area contributed by atoms with Crippen LogP contribution in [0.4, 0.5) is 11.4 Å². The molecule has 0 aromatic heterocycles. The molecule has 2 N–H and O–H groups in total. The fourth-order valence-corrected chi connectivity index (χ4v) is 1.66. The highest BCUT2D eigenvalue weighted by molar-refractivity contribution is 5.95. The van der Waals surface area contributed by atoms with E-state index in [9.17, 15) is 14.9 Å². The molecule has 0 aliphatic rings. The van der Waals surface area contributed by atoms with Gasteiger partial charge in [0, 0.05) is 31.0 Å². The highest BCUT2D eigenvalue weighted by atomic mass is 16.6. The van der Waals surface area contributed by atoms with Crippen molar-refractivity contribution in [3.8, 4) is 0 Å². The number of hydrogen-bond donors (Lipinski definition) is 2. The first kappa shape index (κ1) is 16.9. The van der Waals surface area contributed by atoms with E-state index in [-0.39, 0.29) is 11.3 Å². The number of nitrogens with one attached hydrogen (secondary N) is 1. The van der Waals surface area contributed by atoms with Crippen LogP contribution >= 0.6 is 0 Å². The lowest BCUT2D eigenvalue weighted by atomic mass is 10.1. The molecule has 0 radical (unpaired) electrons. The predicted octanol–water partition coefficient (Wildman–Crippen LogP) is 2.77. The molecule has 1 rings (SSSR count). The summed E-state index contributed by atoms with van der Waals surface area (Å²) < 4.78 is 5.41. The molecule has 0 atom stereocenters. The maximum absolute atomic E-state index is 11.1. The number of hydrogen-bond acceptors (Lipinski definition) is 5. The maximum atomic E-state index is 11.1. The lowest BCUT2D eigenvalue weighted by Gasteiger charge is -2.10. The number of nitrogens with zero attached hydrogens (tertiary/aromatic N) is 1. The normalized spacial score (nSPS) is 10.6. The molecule has 0 bridgehead atoms. The van der Waals surface area contributed by atoms with Gasteiger partial charge in [-0.05, 0) is 18.4 Å². The summed E-state index contributed by atoms with van der Waals surface area (Å²) in [5.74, 6) is -0.631. The molecule has 7 heteroatoms. The van der Waals surface area contributed by atoms with Gasteiger partial charge in [-0.2, -0.15) is 0 Å². The molecule has 0 fully saturated rings. The topological polar surface area (TPSA) is 102 Å². The molecule has 0 aliphatic heterocycles. The Balaban J connectivity index is 2.54. The van der Waals surface area contributed by atoms with Crippen molar-refractivity contribution in [2.24, 2.45) is 5.92 Å². The lowest BCUT2D eigenvalue weighted by Crippen LogP contribution is -2.13. The van der Waals surface area contributed by atoms with Crippen LogP contribution in [-0.2, 0) is 4.74 Å². The first-order valence-corrected chi connectivity index (χ1v) is 6.75. The molecule has 0 unspecified atom stereocenters. The lowest BCUT2D eigenvalue weighted by molar-refractivity contribution is -0.384. The zero-order valence-electron chi connectivity index (χ0n) is 12.2. The van der Waals surface area contributed by atoms with Crippen LogP contribution in [0.5, 0.6) is 0 Å². The average Bonchev–Trinajstić information content (AvgIpc) is 2.42. The second kappa shape index (κ2) is 8.21. The predicted molar refractivity (Wildman–Crippen MR) is 78.8 cm³/mol. The van der Waals surface area contributed by atoms with Crippen LogP contribution in [0.25, 0.3) is 0 Å². The summed E-state index contributed by atoms with van der Waals surface area (Å²) >= 11 is 0. The van der Waals surface area contributed by atoms with Crippen molar-refractivity contribution < 1.29 is 19.6 Å². The zero-order valence-corrected chi connectivity index (χ0v) is 12.2. The quantitative estimate of drug-likeness (QED) is 0.413. The number of carboxylic acid groups (broad SMARTS) is 1. The molecule has 1 aromatic carbocycles. The molecule has 0 aliphatic carbocycles. The number of ether oxygens (including phenoxy) is 1. The number of nitro benzene ring substituents is 1. The molecule has 0 saturated heterocycles. The van der Waals surface area contributed by atoms with Crippen LogP contribution in [-0.4, -0.2) is 35.8 Å². The molecule has 0 amide bonds. The minimum Gasteiger partial charge on any atom is -0.478 e. The summed E-state index contributed by atoms with van der Waals surface area (Å²) in [5.41, 5.74) is -0.0157. The van der Waals surface area contributed by atoms with Crippen LogP contribution in [0.2, 0.25) is 0 Å². The third kappa shape index (κ3) is 5.78. The highest BCUT2D eigenvalue weighted by Gasteiger charge is 2.15. The number of benzene rings is 1. The van der Waals surface area contributed by atoms with E-state index in [0.717, 1.165) is 12.5 Å². The Labute approximate surface area is 123 Å². The summed E-state index contributed by atoms with van der Waals surface area (Å²) in [5, 5.41) is 22.6. The van der Waals surface area contributed by atoms with Crippen molar-refractivity contribution in [3.05, 3.63) is 33.9 Å². The van der Waals surface area contributed by atoms with Gasteiger partial charge in [-0.25, -0.2) is 4.79 Å².